The van der Waals surface area contributed by atoms with E-state index in [0.29, 0.717) is 0 Å². The summed E-state index contributed by atoms with van der Waals surface area (Å²) in [4.78, 5) is 44.8. The van der Waals surface area contributed by atoms with Crippen molar-refractivity contribution in [1.29, 1.82) is 0 Å². The zero-order valence-corrected chi connectivity index (χ0v) is 13.9. The minimum atomic E-state index is -0.790. The van der Waals surface area contributed by atoms with Crippen LogP contribution in [0, 0.1) is 10.1 Å². The van der Waals surface area contributed by atoms with Gasteiger partial charge in [0.15, 0.2) is 6.61 Å². The highest BCUT2D eigenvalue weighted by Gasteiger charge is 2.14. The maximum Gasteiger partial charge on any atom is 0.338 e. The molecule has 2 aromatic rings. The highest BCUT2D eigenvalue weighted by Crippen LogP contribution is 2.26. The second-order valence-electron chi connectivity index (χ2n) is 4.99. The number of carbonyl (C=O) groups excluding carboxylic acids is 3. The van der Waals surface area contributed by atoms with E-state index in [9.17, 15) is 24.5 Å². The van der Waals surface area contributed by atoms with Gasteiger partial charge in [-0.3, -0.25) is 19.7 Å². The summed E-state index contributed by atoms with van der Waals surface area (Å²) in [5, 5.41) is 13.2. The van der Waals surface area contributed by atoms with E-state index in [2.05, 4.69) is 5.32 Å². The highest BCUT2D eigenvalue weighted by molar-refractivity contribution is 6.33. The lowest BCUT2D eigenvalue weighted by Gasteiger charge is -2.08. The Hall–Kier alpha value is -3.46. The van der Waals surface area contributed by atoms with Crippen molar-refractivity contribution in [3.8, 4) is 0 Å². The number of halogens is 1. The van der Waals surface area contributed by atoms with Gasteiger partial charge in [-0.15, -0.1) is 0 Å². The lowest BCUT2D eigenvalue weighted by molar-refractivity contribution is -0.384. The van der Waals surface area contributed by atoms with Gasteiger partial charge in [-0.1, -0.05) is 11.6 Å². The average Bonchev–Trinajstić information content (AvgIpc) is 2.61. The zero-order chi connectivity index (χ0) is 19.3. The number of nitrogens with two attached hydrogens (primary N) is 1. The molecule has 134 valence electrons. The Morgan fingerprint density at radius 3 is 2.31 bits per heavy atom. The SMILES string of the molecule is NC(=O)c1ccc(C(=O)OCC(=O)Nc2cc([N+](=O)[O-])ccc2Cl)cc1. The summed E-state index contributed by atoms with van der Waals surface area (Å²) in [5.74, 6) is -2.16. The summed E-state index contributed by atoms with van der Waals surface area (Å²) >= 11 is 5.86. The molecule has 0 unspecified atom stereocenters. The number of rotatable bonds is 6. The topological polar surface area (TPSA) is 142 Å². The van der Waals surface area contributed by atoms with Gasteiger partial charge in [0.1, 0.15) is 0 Å². The molecule has 0 fully saturated rings. The molecule has 3 N–H and O–H groups in total. The zero-order valence-electron chi connectivity index (χ0n) is 13.1. The molecule has 0 saturated carbocycles. The fraction of sp³-hybridized carbons (Fsp3) is 0.0625. The standard InChI is InChI=1S/C16H12ClN3O6/c17-12-6-5-11(20(24)25)7-13(12)19-14(21)8-26-16(23)10-3-1-9(2-4-10)15(18)22/h1-7H,8H2,(H2,18,22)(H,19,21). The monoisotopic (exact) mass is 377 g/mol. The van der Waals surface area contributed by atoms with E-state index in [-0.39, 0.29) is 27.5 Å². The van der Waals surface area contributed by atoms with Gasteiger partial charge in [-0.25, -0.2) is 4.79 Å². The minimum absolute atomic E-state index is 0.0210. The maximum absolute atomic E-state index is 11.9. The summed E-state index contributed by atoms with van der Waals surface area (Å²) < 4.78 is 4.84. The van der Waals surface area contributed by atoms with Crippen LogP contribution in [0.15, 0.2) is 42.5 Å². The van der Waals surface area contributed by atoms with Crippen LogP contribution >= 0.6 is 11.6 Å². The first-order valence-corrected chi connectivity index (χ1v) is 7.46. The second kappa shape index (κ2) is 8.08. The number of nitro groups is 1. The number of carbonyl (C=O) groups is 3. The molecule has 0 aliphatic heterocycles. The number of benzene rings is 2. The summed E-state index contributed by atoms with van der Waals surface area (Å²) in [6.45, 7) is -0.630. The van der Waals surface area contributed by atoms with Gasteiger partial charge >= 0.3 is 5.97 Å². The Balaban J connectivity index is 1.96. The van der Waals surface area contributed by atoms with Crippen LogP contribution in [0.2, 0.25) is 5.02 Å². The van der Waals surface area contributed by atoms with Crippen molar-refractivity contribution >= 4 is 40.8 Å². The fourth-order valence-corrected chi connectivity index (χ4v) is 2.06. The van der Waals surface area contributed by atoms with Crippen molar-refractivity contribution in [2.75, 3.05) is 11.9 Å². The van der Waals surface area contributed by atoms with Crippen LogP contribution in [0.25, 0.3) is 0 Å². The first kappa shape index (κ1) is 18.9. The molecule has 0 saturated heterocycles. The van der Waals surface area contributed by atoms with Gasteiger partial charge in [0.25, 0.3) is 11.6 Å². The van der Waals surface area contributed by atoms with Crippen LogP contribution in [0.3, 0.4) is 0 Å². The van der Waals surface area contributed by atoms with E-state index < -0.39 is 29.3 Å². The molecular formula is C16H12ClN3O6. The summed E-state index contributed by atoms with van der Waals surface area (Å²) in [5.41, 5.74) is 5.20. The van der Waals surface area contributed by atoms with Crippen molar-refractivity contribution in [2.45, 2.75) is 0 Å². The van der Waals surface area contributed by atoms with Crippen molar-refractivity contribution in [3.05, 3.63) is 68.7 Å². The number of anilines is 1. The Morgan fingerprint density at radius 2 is 1.73 bits per heavy atom. The van der Waals surface area contributed by atoms with Crippen LogP contribution in [-0.2, 0) is 9.53 Å². The molecule has 0 aliphatic carbocycles. The highest BCUT2D eigenvalue weighted by atomic mass is 35.5. The molecule has 26 heavy (non-hydrogen) atoms. The Labute approximate surface area is 151 Å². The van der Waals surface area contributed by atoms with E-state index >= 15 is 0 Å². The smallest absolute Gasteiger partial charge is 0.338 e. The normalized spacial score (nSPS) is 10.0. The van der Waals surface area contributed by atoms with E-state index in [1.165, 1.54) is 36.4 Å². The first-order chi connectivity index (χ1) is 12.3. The second-order valence-corrected chi connectivity index (χ2v) is 5.39. The molecule has 9 nitrogen and oxygen atoms in total. The number of nitrogens with zero attached hydrogens (tertiary/aromatic N) is 1. The van der Waals surface area contributed by atoms with Crippen LogP contribution in [-0.4, -0.2) is 29.3 Å². The number of hydrogen-bond acceptors (Lipinski definition) is 6. The average molecular weight is 378 g/mol. The van der Waals surface area contributed by atoms with E-state index in [1.807, 2.05) is 0 Å². The summed E-state index contributed by atoms with van der Waals surface area (Å²) in [6, 6.07) is 8.90. The van der Waals surface area contributed by atoms with E-state index in [0.717, 1.165) is 6.07 Å². The number of nitrogens with one attached hydrogen (secondary N) is 1. The number of non-ortho nitro benzene ring substituents is 1. The number of nitro benzene ring substituents is 1. The third-order valence-corrected chi connectivity index (χ3v) is 3.50. The van der Waals surface area contributed by atoms with Crippen LogP contribution in [0.5, 0.6) is 0 Å². The predicted molar refractivity (Wildman–Crippen MR) is 92.0 cm³/mol. The summed E-state index contributed by atoms with van der Waals surface area (Å²) in [6.07, 6.45) is 0. The van der Waals surface area contributed by atoms with Crippen molar-refractivity contribution in [2.24, 2.45) is 5.73 Å². The molecule has 2 amide bonds. The van der Waals surface area contributed by atoms with Gasteiger partial charge in [-0.05, 0) is 30.3 Å². The number of ether oxygens (including phenoxy) is 1. The van der Waals surface area contributed by atoms with Gasteiger partial charge in [0, 0.05) is 17.7 Å². The van der Waals surface area contributed by atoms with E-state index in [1.54, 1.807) is 0 Å². The molecule has 0 aliphatic rings. The number of primary amides is 1. The Bertz CT molecular complexity index is 882. The number of esters is 1. The molecule has 0 spiro atoms. The third kappa shape index (κ3) is 4.77. The lowest BCUT2D eigenvalue weighted by Crippen LogP contribution is -2.21. The van der Waals surface area contributed by atoms with Crippen LogP contribution < -0.4 is 11.1 Å². The van der Waals surface area contributed by atoms with Crippen LogP contribution in [0.4, 0.5) is 11.4 Å². The Morgan fingerprint density at radius 1 is 1.12 bits per heavy atom. The molecule has 2 rings (SSSR count). The first-order valence-electron chi connectivity index (χ1n) is 7.08. The maximum atomic E-state index is 11.9. The molecule has 0 radical (unpaired) electrons. The third-order valence-electron chi connectivity index (χ3n) is 3.17. The molecule has 2 aromatic carbocycles. The summed E-state index contributed by atoms with van der Waals surface area (Å²) in [7, 11) is 0. The lowest BCUT2D eigenvalue weighted by atomic mass is 10.1. The quantitative estimate of drug-likeness (QED) is 0.448. The van der Waals surface area contributed by atoms with Crippen LogP contribution in [0.1, 0.15) is 20.7 Å². The molecule has 0 atom stereocenters. The van der Waals surface area contributed by atoms with Crippen molar-refractivity contribution < 1.29 is 24.0 Å². The van der Waals surface area contributed by atoms with Crippen molar-refractivity contribution in [3.63, 3.8) is 0 Å². The minimum Gasteiger partial charge on any atom is -0.452 e. The van der Waals surface area contributed by atoms with Crippen molar-refractivity contribution in [1.82, 2.24) is 0 Å². The molecular weight excluding hydrogens is 366 g/mol. The largest absolute Gasteiger partial charge is 0.452 e. The fourth-order valence-electron chi connectivity index (χ4n) is 1.89. The van der Waals surface area contributed by atoms with Gasteiger partial charge in [-0.2, -0.15) is 0 Å². The van der Waals surface area contributed by atoms with Gasteiger partial charge in [0.2, 0.25) is 5.91 Å². The number of amides is 2. The Kier molecular flexibility index (Phi) is 5.86. The van der Waals surface area contributed by atoms with E-state index in [4.69, 9.17) is 22.1 Å². The molecule has 10 heteroatoms. The predicted octanol–water partition coefficient (Wildman–Crippen LogP) is 2.14. The molecule has 0 bridgehead atoms. The molecule has 0 aromatic heterocycles. The molecule has 0 heterocycles. The van der Waals surface area contributed by atoms with Gasteiger partial charge < -0.3 is 15.8 Å². The number of hydrogen-bond donors (Lipinski definition) is 2. The van der Waals surface area contributed by atoms with Gasteiger partial charge in [0.05, 0.1) is 21.2 Å².